The van der Waals surface area contributed by atoms with Crippen molar-refractivity contribution < 1.29 is 4.79 Å². The molecule has 0 aliphatic carbocycles. The third-order valence-electron chi connectivity index (χ3n) is 4.55. The predicted octanol–water partition coefficient (Wildman–Crippen LogP) is 2.56. The maximum Gasteiger partial charge on any atom is 0.221 e. The molecule has 3 N–H and O–H groups in total. The molecule has 4 nitrogen and oxygen atoms in total. The topological polar surface area (TPSA) is 58.4 Å². The van der Waals surface area contributed by atoms with Gasteiger partial charge < -0.3 is 16.0 Å². The van der Waals surface area contributed by atoms with Gasteiger partial charge in [0.2, 0.25) is 5.91 Å². The van der Waals surface area contributed by atoms with E-state index in [1.165, 1.54) is 19.5 Å². The fourth-order valence-corrected chi connectivity index (χ4v) is 3.60. The lowest BCUT2D eigenvalue weighted by molar-refractivity contribution is -0.121. The van der Waals surface area contributed by atoms with Crippen LogP contribution in [0.4, 0.5) is 0 Å². The lowest BCUT2D eigenvalue weighted by atomic mass is 9.92. The molecular weight excluding hydrogens is 286 g/mol. The lowest BCUT2D eigenvalue weighted by Crippen LogP contribution is -2.40. The van der Waals surface area contributed by atoms with E-state index in [0.29, 0.717) is 6.42 Å². The molecule has 1 amide bonds. The fourth-order valence-electron chi connectivity index (χ4n) is 3.60. The minimum atomic E-state index is -0.222. The van der Waals surface area contributed by atoms with Crippen molar-refractivity contribution >= 4 is 5.91 Å². The van der Waals surface area contributed by atoms with Gasteiger partial charge in [0.25, 0.3) is 0 Å². The first-order valence-electron chi connectivity index (χ1n) is 8.84. The second kappa shape index (κ2) is 9.04. The molecular formula is C19H31N3O. The van der Waals surface area contributed by atoms with Crippen LogP contribution in [0.25, 0.3) is 0 Å². The zero-order valence-corrected chi connectivity index (χ0v) is 14.5. The number of carbonyl (C=O) groups is 1. The van der Waals surface area contributed by atoms with Crippen molar-refractivity contribution in [2.45, 2.75) is 39.2 Å². The van der Waals surface area contributed by atoms with Crippen LogP contribution in [0.1, 0.15) is 44.7 Å². The van der Waals surface area contributed by atoms with Crippen LogP contribution in [-0.4, -0.2) is 37.0 Å². The maximum atomic E-state index is 12.0. The van der Waals surface area contributed by atoms with Crippen molar-refractivity contribution in [3.8, 4) is 0 Å². The molecule has 0 radical (unpaired) electrons. The third-order valence-corrected chi connectivity index (χ3v) is 4.55. The van der Waals surface area contributed by atoms with E-state index >= 15 is 0 Å². The number of hydrogen-bond acceptors (Lipinski definition) is 3. The van der Waals surface area contributed by atoms with Crippen molar-refractivity contribution in [3.05, 3.63) is 35.9 Å². The first-order valence-corrected chi connectivity index (χ1v) is 8.84. The van der Waals surface area contributed by atoms with E-state index in [-0.39, 0.29) is 11.9 Å². The van der Waals surface area contributed by atoms with E-state index in [1.54, 1.807) is 0 Å². The van der Waals surface area contributed by atoms with Gasteiger partial charge in [0.1, 0.15) is 0 Å². The van der Waals surface area contributed by atoms with E-state index < -0.39 is 0 Å². The number of nitrogens with zero attached hydrogens (tertiary/aromatic N) is 1. The number of nitrogens with two attached hydrogens (primary N) is 1. The normalized spacial score (nSPS) is 23.4. The summed E-state index contributed by atoms with van der Waals surface area (Å²) in [6.45, 7) is 8.85. The Balaban J connectivity index is 1.61. The number of benzene rings is 1. The van der Waals surface area contributed by atoms with Crippen LogP contribution in [0.2, 0.25) is 0 Å². The van der Waals surface area contributed by atoms with E-state index in [4.69, 9.17) is 5.73 Å². The standard InChI is InChI=1S/C19H31N3O/c1-15-11-16(2)14-22(13-15)10-6-9-21-19(23)12-18(20)17-7-4-3-5-8-17/h3-5,7-8,15-16,18H,6,9-14,20H2,1-2H3,(H,21,23). The summed E-state index contributed by atoms with van der Waals surface area (Å²) in [5, 5.41) is 3.00. The Hall–Kier alpha value is -1.39. The molecule has 23 heavy (non-hydrogen) atoms. The van der Waals surface area contributed by atoms with Crippen LogP contribution in [0.3, 0.4) is 0 Å². The molecule has 0 bridgehead atoms. The van der Waals surface area contributed by atoms with Gasteiger partial charge in [-0.15, -0.1) is 0 Å². The number of hydrogen-bond donors (Lipinski definition) is 2. The summed E-state index contributed by atoms with van der Waals surface area (Å²) < 4.78 is 0. The van der Waals surface area contributed by atoms with Gasteiger partial charge in [0, 0.05) is 32.1 Å². The molecule has 2 rings (SSSR count). The molecule has 1 saturated heterocycles. The SMILES string of the molecule is CC1CC(C)CN(CCCNC(=O)CC(N)c2ccccc2)C1. The smallest absolute Gasteiger partial charge is 0.221 e. The minimum absolute atomic E-state index is 0.0433. The largest absolute Gasteiger partial charge is 0.356 e. The first-order chi connectivity index (χ1) is 11.0. The van der Waals surface area contributed by atoms with E-state index in [0.717, 1.165) is 36.9 Å². The summed E-state index contributed by atoms with van der Waals surface area (Å²) in [5.74, 6) is 1.62. The second-order valence-corrected chi connectivity index (χ2v) is 7.13. The Morgan fingerprint density at radius 3 is 2.57 bits per heavy atom. The van der Waals surface area contributed by atoms with Crippen molar-refractivity contribution in [1.82, 2.24) is 10.2 Å². The summed E-state index contributed by atoms with van der Waals surface area (Å²) in [5.41, 5.74) is 7.09. The Labute approximate surface area is 140 Å². The second-order valence-electron chi connectivity index (χ2n) is 7.13. The summed E-state index contributed by atoms with van der Waals surface area (Å²) in [6, 6.07) is 9.58. The average Bonchev–Trinajstić information content (AvgIpc) is 2.51. The molecule has 1 aromatic carbocycles. The van der Waals surface area contributed by atoms with Crippen LogP contribution >= 0.6 is 0 Å². The highest BCUT2D eigenvalue weighted by Crippen LogP contribution is 2.20. The molecule has 4 heteroatoms. The molecule has 1 heterocycles. The monoisotopic (exact) mass is 317 g/mol. The van der Waals surface area contributed by atoms with Crippen LogP contribution < -0.4 is 11.1 Å². The van der Waals surface area contributed by atoms with Gasteiger partial charge in [-0.05, 0) is 36.8 Å². The Morgan fingerprint density at radius 2 is 1.91 bits per heavy atom. The van der Waals surface area contributed by atoms with E-state index in [9.17, 15) is 4.79 Å². The molecule has 128 valence electrons. The first kappa shape index (κ1) is 18.0. The third kappa shape index (κ3) is 6.32. The average molecular weight is 317 g/mol. The Kier molecular flexibility index (Phi) is 7.06. The molecule has 1 fully saturated rings. The summed E-state index contributed by atoms with van der Waals surface area (Å²) in [4.78, 5) is 14.5. The number of nitrogens with one attached hydrogen (secondary N) is 1. The summed E-state index contributed by atoms with van der Waals surface area (Å²) in [7, 11) is 0. The maximum absolute atomic E-state index is 12.0. The van der Waals surface area contributed by atoms with Gasteiger partial charge in [0.15, 0.2) is 0 Å². The highest BCUT2D eigenvalue weighted by atomic mass is 16.1. The molecule has 0 aromatic heterocycles. The van der Waals surface area contributed by atoms with Crippen LogP contribution in [0.15, 0.2) is 30.3 Å². The van der Waals surface area contributed by atoms with Gasteiger partial charge in [-0.3, -0.25) is 4.79 Å². The van der Waals surface area contributed by atoms with Crippen molar-refractivity contribution in [1.29, 1.82) is 0 Å². The molecule has 3 unspecified atom stereocenters. The van der Waals surface area contributed by atoms with Gasteiger partial charge in [-0.2, -0.15) is 0 Å². The van der Waals surface area contributed by atoms with Crippen LogP contribution in [-0.2, 0) is 4.79 Å². The van der Waals surface area contributed by atoms with Crippen LogP contribution in [0.5, 0.6) is 0 Å². The molecule has 1 aliphatic rings. The van der Waals surface area contributed by atoms with Gasteiger partial charge in [-0.1, -0.05) is 44.2 Å². The summed E-state index contributed by atoms with van der Waals surface area (Å²) in [6.07, 6.45) is 2.69. The number of carbonyl (C=O) groups excluding carboxylic acids is 1. The van der Waals surface area contributed by atoms with Gasteiger partial charge >= 0.3 is 0 Å². The molecule has 3 atom stereocenters. The van der Waals surface area contributed by atoms with E-state index in [1.807, 2.05) is 30.3 Å². The Bertz CT molecular complexity index is 467. The molecule has 1 aliphatic heterocycles. The minimum Gasteiger partial charge on any atom is -0.356 e. The zero-order chi connectivity index (χ0) is 16.7. The summed E-state index contributed by atoms with van der Waals surface area (Å²) >= 11 is 0. The number of rotatable bonds is 7. The van der Waals surface area contributed by atoms with Crippen molar-refractivity contribution in [2.75, 3.05) is 26.2 Å². The zero-order valence-electron chi connectivity index (χ0n) is 14.5. The van der Waals surface area contributed by atoms with E-state index in [2.05, 4.69) is 24.1 Å². The number of likely N-dealkylation sites (tertiary alicyclic amines) is 1. The van der Waals surface area contributed by atoms with Gasteiger partial charge in [-0.25, -0.2) is 0 Å². The molecule has 1 aromatic rings. The fraction of sp³-hybridized carbons (Fsp3) is 0.632. The number of piperidine rings is 1. The quantitative estimate of drug-likeness (QED) is 0.760. The predicted molar refractivity (Wildman–Crippen MR) is 95.0 cm³/mol. The highest BCUT2D eigenvalue weighted by Gasteiger charge is 2.21. The molecule has 0 spiro atoms. The Morgan fingerprint density at radius 1 is 1.26 bits per heavy atom. The van der Waals surface area contributed by atoms with Crippen molar-refractivity contribution in [3.63, 3.8) is 0 Å². The van der Waals surface area contributed by atoms with Gasteiger partial charge in [0.05, 0.1) is 0 Å². The van der Waals surface area contributed by atoms with Crippen LogP contribution in [0, 0.1) is 11.8 Å². The van der Waals surface area contributed by atoms with Crippen molar-refractivity contribution in [2.24, 2.45) is 17.6 Å². The highest BCUT2D eigenvalue weighted by molar-refractivity contribution is 5.76. The number of amides is 1. The molecule has 0 saturated carbocycles. The lowest BCUT2D eigenvalue weighted by Gasteiger charge is -2.34.